The van der Waals surface area contributed by atoms with E-state index in [9.17, 15) is 4.79 Å². The number of rotatable bonds is 9. The normalized spacial score (nSPS) is 15.1. The van der Waals surface area contributed by atoms with Gasteiger partial charge in [0.2, 0.25) is 0 Å². The second-order valence-corrected chi connectivity index (χ2v) is 5.30. The van der Waals surface area contributed by atoms with E-state index in [1.54, 1.807) is 0 Å². The summed E-state index contributed by atoms with van der Waals surface area (Å²) in [6.07, 6.45) is 6.12. The lowest BCUT2D eigenvalue weighted by Crippen LogP contribution is -2.29. The summed E-state index contributed by atoms with van der Waals surface area (Å²) in [6.45, 7) is 6.80. The largest absolute Gasteiger partial charge is 0.481 e. The maximum absolute atomic E-state index is 10.4. The number of aliphatic carboxylic acids is 1. The predicted octanol–water partition coefficient (Wildman–Crippen LogP) is 3.17. The smallest absolute Gasteiger partial charge is 0.303 e. The Labute approximate surface area is 111 Å². The first kappa shape index (κ1) is 16.7. The molecule has 0 aromatic heterocycles. The molecule has 0 aromatic rings. The highest BCUT2D eigenvalue weighted by atomic mass is 35.5. The molecule has 0 amide bonds. The molecule has 0 atom stereocenters. The monoisotopic (exact) mass is 263 g/mol. The van der Waals surface area contributed by atoms with E-state index in [1.807, 2.05) is 0 Å². The van der Waals surface area contributed by atoms with Crippen molar-refractivity contribution in [2.75, 3.05) is 13.1 Å². The maximum Gasteiger partial charge on any atom is 0.303 e. The van der Waals surface area contributed by atoms with Gasteiger partial charge in [-0.05, 0) is 51.1 Å². The molecule has 1 aliphatic rings. The number of halogens is 1. The molecule has 0 radical (unpaired) electrons. The molecule has 1 aliphatic carbocycles. The summed E-state index contributed by atoms with van der Waals surface area (Å²) in [5.74, 6) is 0.0976. The third kappa shape index (κ3) is 8.44. The zero-order valence-corrected chi connectivity index (χ0v) is 11.8. The van der Waals surface area contributed by atoms with Gasteiger partial charge in [0.25, 0.3) is 0 Å². The number of carboxylic acids is 1. The van der Waals surface area contributed by atoms with Crippen LogP contribution in [0.5, 0.6) is 0 Å². The van der Waals surface area contributed by atoms with Crippen molar-refractivity contribution in [2.45, 2.75) is 58.4 Å². The summed E-state index contributed by atoms with van der Waals surface area (Å²) >= 11 is 0. The van der Waals surface area contributed by atoms with Crippen LogP contribution in [0, 0.1) is 5.92 Å². The minimum Gasteiger partial charge on any atom is -0.481 e. The van der Waals surface area contributed by atoms with Gasteiger partial charge in [-0.15, -0.1) is 12.4 Å². The van der Waals surface area contributed by atoms with Gasteiger partial charge in [-0.1, -0.05) is 13.8 Å². The first-order valence-electron chi connectivity index (χ1n) is 6.55. The van der Waals surface area contributed by atoms with Crippen molar-refractivity contribution in [2.24, 2.45) is 5.92 Å². The Bertz CT molecular complexity index is 217. The molecule has 1 saturated carbocycles. The van der Waals surface area contributed by atoms with Crippen LogP contribution in [-0.2, 0) is 4.79 Å². The summed E-state index contributed by atoms with van der Waals surface area (Å²) < 4.78 is 0. The molecule has 3 nitrogen and oxygen atoms in total. The minimum atomic E-state index is -0.667. The lowest BCUT2D eigenvalue weighted by atomic mass is 10.1. The molecular formula is C13H26ClNO2. The van der Waals surface area contributed by atoms with Crippen molar-refractivity contribution in [1.29, 1.82) is 0 Å². The van der Waals surface area contributed by atoms with Gasteiger partial charge in [0.1, 0.15) is 0 Å². The fourth-order valence-electron chi connectivity index (χ4n) is 1.93. The van der Waals surface area contributed by atoms with Crippen molar-refractivity contribution in [1.82, 2.24) is 4.90 Å². The van der Waals surface area contributed by atoms with Crippen LogP contribution in [0.2, 0.25) is 0 Å². The quantitative estimate of drug-likeness (QED) is 0.650. The number of carboxylic acid groups (broad SMARTS) is 1. The van der Waals surface area contributed by atoms with E-state index in [-0.39, 0.29) is 12.4 Å². The van der Waals surface area contributed by atoms with Crippen LogP contribution in [0.3, 0.4) is 0 Å². The first-order chi connectivity index (χ1) is 7.59. The third-order valence-electron chi connectivity index (χ3n) is 3.14. The van der Waals surface area contributed by atoms with Gasteiger partial charge >= 0.3 is 5.97 Å². The second-order valence-electron chi connectivity index (χ2n) is 5.30. The van der Waals surface area contributed by atoms with Crippen LogP contribution in [0.4, 0.5) is 0 Å². The van der Waals surface area contributed by atoms with E-state index < -0.39 is 5.97 Å². The van der Waals surface area contributed by atoms with E-state index in [4.69, 9.17) is 5.11 Å². The molecule has 1 fully saturated rings. The SMILES string of the molecule is CC(C)CCN(CCCCC(=O)O)C1CC1.Cl. The molecule has 0 saturated heterocycles. The fourth-order valence-corrected chi connectivity index (χ4v) is 1.93. The Balaban J connectivity index is 0.00000256. The van der Waals surface area contributed by atoms with Gasteiger partial charge in [0.15, 0.2) is 0 Å². The number of unbranched alkanes of at least 4 members (excludes halogenated alkanes) is 1. The van der Waals surface area contributed by atoms with Crippen molar-refractivity contribution in [3.8, 4) is 0 Å². The molecule has 0 aromatic carbocycles. The second kappa shape index (κ2) is 8.76. The number of nitrogens with zero attached hydrogens (tertiary/aromatic N) is 1. The van der Waals surface area contributed by atoms with E-state index in [1.165, 1.54) is 25.8 Å². The van der Waals surface area contributed by atoms with Gasteiger partial charge < -0.3 is 10.0 Å². The molecule has 0 heterocycles. The summed E-state index contributed by atoms with van der Waals surface area (Å²) in [4.78, 5) is 12.9. The highest BCUT2D eigenvalue weighted by molar-refractivity contribution is 5.85. The maximum atomic E-state index is 10.4. The van der Waals surface area contributed by atoms with Gasteiger partial charge in [-0.25, -0.2) is 0 Å². The first-order valence-corrected chi connectivity index (χ1v) is 6.55. The summed E-state index contributed by atoms with van der Waals surface area (Å²) in [6, 6.07) is 0.809. The highest BCUT2D eigenvalue weighted by Crippen LogP contribution is 2.27. The van der Waals surface area contributed by atoms with E-state index >= 15 is 0 Å². The Morgan fingerprint density at radius 3 is 2.41 bits per heavy atom. The molecule has 1 rings (SSSR count). The van der Waals surface area contributed by atoms with E-state index in [0.29, 0.717) is 6.42 Å². The van der Waals surface area contributed by atoms with Crippen LogP contribution >= 0.6 is 12.4 Å². The van der Waals surface area contributed by atoms with E-state index in [2.05, 4.69) is 18.7 Å². The lowest BCUT2D eigenvalue weighted by Gasteiger charge is -2.22. The van der Waals surface area contributed by atoms with Gasteiger partial charge in [0, 0.05) is 12.5 Å². The Kier molecular flexibility index (Phi) is 8.61. The number of hydrogen-bond donors (Lipinski definition) is 1. The average Bonchev–Trinajstić information content (AvgIpc) is 2.99. The van der Waals surface area contributed by atoms with E-state index in [0.717, 1.165) is 31.3 Å². The summed E-state index contributed by atoms with van der Waals surface area (Å²) in [5.41, 5.74) is 0. The fraction of sp³-hybridized carbons (Fsp3) is 0.923. The zero-order valence-electron chi connectivity index (χ0n) is 11.0. The summed E-state index contributed by atoms with van der Waals surface area (Å²) in [5, 5.41) is 8.56. The van der Waals surface area contributed by atoms with Crippen LogP contribution in [-0.4, -0.2) is 35.1 Å². The molecule has 0 unspecified atom stereocenters. The molecule has 0 bridgehead atoms. The molecule has 4 heteroatoms. The molecule has 1 N–H and O–H groups in total. The van der Waals surface area contributed by atoms with Crippen LogP contribution in [0.25, 0.3) is 0 Å². The van der Waals surface area contributed by atoms with Crippen LogP contribution in [0.15, 0.2) is 0 Å². The predicted molar refractivity (Wildman–Crippen MR) is 72.8 cm³/mol. The Hall–Kier alpha value is -0.280. The standard InChI is InChI=1S/C13H25NO2.ClH/c1-11(2)8-10-14(12-6-7-12)9-4-3-5-13(15)16;/h11-12H,3-10H2,1-2H3,(H,15,16);1H. The zero-order chi connectivity index (χ0) is 12.0. The third-order valence-corrected chi connectivity index (χ3v) is 3.14. The van der Waals surface area contributed by atoms with Gasteiger partial charge in [0.05, 0.1) is 0 Å². The average molecular weight is 264 g/mol. The topological polar surface area (TPSA) is 40.5 Å². The van der Waals surface area contributed by atoms with Gasteiger partial charge in [-0.3, -0.25) is 4.79 Å². The highest BCUT2D eigenvalue weighted by Gasteiger charge is 2.28. The molecular weight excluding hydrogens is 238 g/mol. The van der Waals surface area contributed by atoms with Crippen LogP contribution in [0.1, 0.15) is 52.4 Å². The molecule has 0 spiro atoms. The molecule has 102 valence electrons. The van der Waals surface area contributed by atoms with Crippen molar-refractivity contribution >= 4 is 18.4 Å². The minimum absolute atomic E-state index is 0. The van der Waals surface area contributed by atoms with Crippen molar-refractivity contribution < 1.29 is 9.90 Å². The number of hydrogen-bond acceptors (Lipinski definition) is 2. The molecule has 0 aliphatic heterocycles. The number of carbonyl (C=O) groups is 1. The van der Waals surface area contributed by atoms with Gasteiger partial charge in [-0.2, -0.15) is 0 Å². The van der Waals surface area contributed by atoms with Crippen molar-refractivity contribution in [3.63, 3.8) is 0 Å². The lowest BCUT2D eigenvalue weighted by molar-refractivity contribution is -0.137. The van der Waals surface area contributed by atoms with Crippen molar-refractivity contribution in [3.05, 3.63) is 0 Å². The Morgan fingerprint density at radius 2 is 1.94 bits per heavy atom. The molecule has 17 heavy (non-hydrogen) atoms. The van der Waals surface area contributed by atoms with Crippen LogP contribution < -0.4 is 0 Å². The summed E-state index contributed by atoms with van der Waals surface area (Å²) in [7, 11) is 0. The Morgan fingerprint density at radius 1 is 1.29 bits per heavy atom.